The van der Waals surface area contributed by atoms with Crippen molar-refractivity contribution in [2.75, 3.05) is 12.0 Å². The molecule has 6 atom stereocenters. The number of rotatable bonds is 14. The zero-order chi connectivity index (χ0) is 24.3. The van der Waals surface area contributed by atoms with Gasteiger partial charge in [-0.3, -0.25) is 14.4 Å². The lowest BCUT2D eigenvalue weighted by molar-refractivity contribution is -0.145. The highest BCUT2D eigenvalue weighted by Crippen LogP contribution is 2.11. The van der Waals surface area contributed by atoms with E-state index in [-0.39, 0.29) is 11.8 Å². The molecule has 3 amide bonds. The van der Waals surface area contributed by atoms with Gasteiger partial charge in [0, 0.05) is 0 Å². The molecule has 0 fully saturated rings. The largest absolute Gasteiger partial charge is 0.480 e. The first-order valence-electron chi connectivity index (χ1n) is 10.4. The summed E-state index contributed by atoms with van der Waals surface area (Å²) in [5.41, 5.74) is 5.90. The van der Waals surface area contributed by atoms with E-state index < -0.39 is 54.0 Å². The third kappa shape index (κ3) is 9.88. The Bertz CT molecular complexity index is 616. The van der Waals surface area contributed by atoms with Crippen LogP contribution in [0.1, 0.15) is 47.5 Å². The molecule has 31 heavy (non-hydrogen) atoms. The Labute approximate surface area is 188 Å². The van der Waals surface area contributed by atoms with Crippen LogP contribution in [0.15, 0.2) is 0 Å². The second-order valence-electron chi connectivity index (χ2n) is 8.06. The maximum absolute atomic E-state index is 13.0. The first kappa shape index (κ1) is 29.1. The number of amides is 3. The lowest BCUT2D eigenvalue weighted by Crippen LogP contribution is -2.60. The van der Waals surface area contributed by atoms with E-state index in [1.54, 1.807) is 32.5 Å². The van der Waals surface area contributed by atoms with Crippen molar-refractivity contribution in [2.45, 2.75) is 77.7 Å². The zero-order valence-electron chi connectivity index (χ0n) is 19.2. The van der Waals surface area contributed by atoms with Gasteiger partial charge in [-0.15, -0.1) is 0 Å². The standard InChI is InChI=1S/C20H38N4O6S/c1-7-11(4)15(23-17(26)13(21)8-9-31-6)19(28)22-14(10(2)3)18(27)24-16(12(5)25)20(29)30/h10-16,25H,7-9,21H2,1-6H3,(H,22,28)(H,23,26)(H,24,27)(H,29,30). The van der Waals surface area contributed by atoms with Crippen molar-refractivity contribution in [3.63, 3.8) is 0 Å². The third-order valence-electron chi connectivity index (χ3n) is 5.06. The molecule has 0 heterocycles. The predicted octanol–water partition coefficient (Wildman–Crippen LogP) is -0.311. The summed E-state index contributed by atoms with van der Waals surface area (Å²) in [6.45, 7) is 8.31. The average Bonchev–Trinajstić information content (AvgIpc) is 2.70. The summed E-state index contributed by atoms with van der Waals surface area (Å²) in [4.78, 5) is 49.3. The van der Waals surface area contributed by atoms with Crippen LogP contribution in [0.3, 0.4) is 0 Å². The summed E-state index contributed by atoms with van der Waals surface area (Å²) in [7, 11) is 0. The zero-order valence-corrected chi connectivity index (χ0v) is 20.0. The average molecular weight is 463 g/mol. The number of carbonyl (C=O) groups excluding carboxylic acids is 3. The molecule has 0 radical (unpaired) electrons. The predicted molar refractivity (Wildman–Crippen MR) is 120 cm³/mol. The molecule has 0 saturated heterocycles. The van der Waals surface area contributed by atoms with Gasteiger partial charge in [-0.25, -0.2) is 4.79 Å². The Morgan fingerprint density at radius 1 is 0.903 bits per heavy atom. The Morgan fingerprint density at radius 3 is 1.81 bits per heavy atom. The number of nitrogens with one attached hydrogen (secondary N) is 3. The maximum Gasteiger partial charge on any atom is 0.328 e. The molecule has 180 valence electrons. The first-order chi connectivity index (χ1) is 14.4. The number of nitrogens with two attached hydrogens (primary N) is 1. The van der Waals surface area contributed by atoms with Gasteiger partial charge in [-0.2, -0.15) is 11.8 Å². The minimum absolute atomic E-state index is 0.225. The summed E-state index contributed by atoms with van der Waals surface area (Å²) in [5, 5.41) is 26.3. The van der Waals surface area contributed by atoms with Crippen LogP contribution in [0.25, 0.3) is 0 Å². The summed E-state index contributed by atoms with van der Waals surface area (Å²) in [5.74, 6) is -3.01. The number of thioether (sulfide) groups is 1. The molecule has 11 heteroatoms. The SMILES string of the molecule is CCC(C)C(NC(=O)C(N)CCSC)C(=O)NC(C(=O)NC(C(=O)O)C(C)O)C(C)C. The molecule has 0 aromatic rings. The van der Waals surface area contributed by atoms with Crippen LogP contribution in [0, 0.1) is 11.8 Å². The maximum atomic E-state index is 13.0. The molecule has 6 unspecified atom stereocenters. The molecule has 0 aliphatic heterocycles. The van der Waals surface area contributed by atoms with E-state index in [2.05, 4.69) is 16.0 Å². The second-order valence-corrected chi connectivity index (χ2v) is 9.04. The smallest absolute Gasteiger partial charge is 0.328 e. The highest BCUT2D eigenvalue weighted by molar-refractivity contribution is 7.98. The van der Waals surface area contributed by atoms with E-state index in [1.165, 1.54) is 6.92 Å². The van der Waals surface area contributed by atoms with Crippen LogP contribution >= 0.6 is 11.8 Å². The molecule has 0 rings (SSSR count). The quantitative estimate of drug-likeness (QED) is 0.204. The molecular formula is C20H38N4O6S. The number of carboxylic acids is 1. The fourth-order valence-electron chi connectivity index (χ4n) is 2.75. The van der Waals surface area contributed by atoms with Crippen LogP contribution < -0.4 is 21.7 Å². The van der Waals surface area contributed by atoms with Crippen LogP contribution in [-0.4, -0.2) is 76.2 Å². The van der Waals surface area contributed by atoms with Crippen molar-refractivity contribution < 1.29 is 29.4 Å². The fraction of sp³-hybridized carbons (Fsp3) is 0.800. The Morgan fingerprint density at radius 2 is 1.39 bits per heavy atom. The summed E-state index contributed by atoms with van der Waals surface area (Å²) < 4.78 is 0. The minimum atomic E-state index is -1.51. The molecule has 0 bridgehead atoms. The normalized spacial score (nSPS) is 17.1. The van der Waals surface area contributed by atoms with Crippen LogP contribution in [0.5, 0.6) is 0 Å². The Kier molecular flexibility index (Phi) is 13.4. The number of carboxylic acid groups (broad SMARTS) is 1. The molecule has 0 aromatic heterocycles. The first-order valence-corrected chi connectivity index (χ1v) is 11.8. The number of aliphatic carboxylic acids is 1. The van der Waals surface area contributed by atoms with E-state index in [4.69, 9.17) is 5.73 Å². The van der Waals surface area contributed by atoms with Gasteiger partial charge >= 0.3 is 5.97 Å². The number of hydrogen-bond acceptors (Lipinski definition) is 7. The monoisotopic (exact) mass is 462 g/mol. The van der Waals surface area contributed by atoms with Crippen molar-refractivity contribution in [1.29, 1.82) is 0 Å². The lowest BCUT2D eigenvalue weighted by Gasteiger charge is -2.29. The Balaban J connectivity index is 5.42. The van der Waals surface area contributed by atoms with Gasteiger partial charge in [0.2, 0.25) is 17.7 Å². The molecule has 0 spiro atoms. The molecule has 0 saturated carbocycles. The molecule has 0 aliphatic carbocycles. The van der Waals surface area contributed by atoms with Crippen molar-refractivity contribution >= 4 is 35.5 Å². The van der Waals surface area contributed by atoms with E-state index >= 15 is 0 Å². The number of aliphatic hydroxyl groups is 1. The summed E-state index contributed by atoms with van der Waals surface area (Å²) >= 11 is 1.56. The van der Waals surface area contributed by atoms with Gasteiger partial charge < -0.3 is 31.9 Å². The van der Waals surface area contributed by atoms with E-state index in [9.17, 15) is 29.4 Å². The van der Waals surface area contributed by atoms with Gasteiger partial charge in [-0.1, -0.05) is 34.1 Å². The van der Waals surface area contributed by atoms with Crippen molar-refractivity contribution in [1.82, 2.24) is 16.0 Å². The van der Waals surface area contributed by atoms with Gasteiger partial charge in [0.15, 0.2) is 6.04 Å². The molecule has 7 N–H and O–H groups in total. The minimum Gasteiger partial charge on any atom is -0.480 e. The molecule has 10 nitrogen and oxygen atoms in total. The van der Waals surface area contributed by atoms with Crippen LogP contribution in [-0.2, 0) is 19.2 Å². The summed E-state index contributed by atoms with van der Waals surface area (Å²) in [6.07, 6.45) is 1.65. The fourth-order valence-corrected chi connectivity index (χ4v) is 3.24. The van der Waals surface area contributed by atoms with Crippen molar-refractivity contribution in [2.24, 2.45) is 17.6 Å². The Hall–Kier alpha value is -1.85. The van der Waals surface area contributed by atoms with Crippen LogP contribution in [0.4, 0.5) is 0 Å². The van der Waals surface area contributed by atoms with Crippen molar-refractivity contribution in [3.05, 3.63) is 0 Å². The lowest BCUT2D eigenvalue weighted by atomic mass is 9.96. The van der Waals surface area contributed by atoms with E-state index in [1.807, 2.05) is 13.2 Å². The topological polar surface area (TPSA) is 171 Å². The highest BCUT2D eigenvalue weighted by Gasteiger charge is 2.34. The molecule has 0 aliphatic rings. The highest BCUT2D eigenvalue weighted by atomic mass is 32.2. The van der Waals surface area contributed by atoms with E-state index in [0.717, 1.165) is 0 Å². The van der Waals surface area contributed by atoms with Gasteiger partial charge in [0.05, 0.1) is 12.1 Å². The number of carbonyl (C=O) groups is 4. The number of hydrogen-bond donors (Lipinski definition) is 6. The second kappa shape index (κ2) is 14.3. The number of aliphatic hydroxyl groups excluding tert-OH is 1. The van der Waals surface area contributed by atoms with Gasteiger partial charge in [-0.05, 0) is 37.2 Å². The van der Waals surface area contributed by atoms with Gasteiger partial charge in [0.25, 0.3) is 0 Å². The van der Waals surface area contributed by atoms with Gasteiger partial charge in [0.1, 0.15) is 12.1 Å². The molecule has 0 aromatic carbocycles. The molecular weight excluding hydrogens is 424 g/mol. The van der Waals surface area contributed by atoms with Crippen molar-refractivity contribution in [3.8, 4) is 0 Å². The van der Waals surface area contributed by atoms with E-state index in [0.29, 0.717) is 18.6 Å². The van der Waals surface area contributed by atoms with Crippen LogP contribution in [0.2, 0.25) is 0 Å². The summed E-state index contributed by atoms with van der Waals surface area (Å²) in [6, 6.07) is -4.22. The third-order valence-corrected chi connectivity index (χ3v) is 5.70.